The summed E-state index contributed by atoms with van der Waals surface area (Å²) in [6.07, 6.45) is 3.69. The Hall–Kier alpha value is -2.24. The molecule has 25 heavy (non-hydrogen) atoms. The molecule has 6 nitrogen and oxygen atoms in total. The number of benzene rings is 1. The maximum Gasteiger partial charge on any atom is 0.254 e. The van der Waals surface area contributed by atoms with Crippen LogP contribution in [0.4, 0.5) is 0 Å². The Morgan fingerprint density at radius 2 is 2.12 bits per heavy atom. The van der Waals surface area contributed by atoms with Gasteiger partial charge in [-0.3, -0.25) is 9.59 Å². The monoisotopic (exact) mass is 346 g/mol. The average Bonchev–Trinajstić information content (AvgIpc) is 3.09. The number of ether oxygens (including phenoxy) is 2. The molecule has 0 unspecified atom stereocenters. The molecule has 2 heterocycles. The molecule has 0 saturated carbocycles. The minimum absolute atomic E-state index is 0.0580. The largest absolute Gasteiger partial charge is 0.454 e. The van der Waals surface area contributed by atoms with Gasteiger partial charge in [-0.1, -0.05) is 13.3 Å². The Balaban J connectivity index is 1.62. The van der Waals surface area contributed by atoms with E-state index in [2.05, 4.69) is 12.2 Å². The number of fused-ring (bicyclic) bond motifs is 1. The van der Waals surface area contributed by atoms with Crippen LogP contribution in [0.3, 0.4) is 0 Å². The van der Waals surface area contributed by atoms with Crippen LogP contribution in [0.5, 0.6) is 11.5 Å². The highest BCUT2D eigenvalue weighted by atomic mass is 16.7. The summed E-state index contributed by atoms with van der Waals surface area (Å²) in [7, 11) is 0. The SMILES string of the molecule is CCC[C@H](C)NC(=O)[C@H]1CCCN(C(=O)c2ccc3c(c2)OCO3)C1. The molecule has 2 aliphatic heterocycles. The number of likely N-dealkylation sites (tertiary alicyclic amines) is 1. The minimum atomic E-state index is -0.133. The second-order valence-corrected chi connectivity index (χ2v) is 6.86. The van der Waals surface area contributed by atoms with Crippen molar-refractivity contribution in [2.75, 3.05) is 19.9 Å². The van der Waals surface area contributed by atoms with E-state index in [-0.39, 0.29) is 30.6 Å². The minimum Gasteiger partial charge on any atom is -0.454 e. The maximum absolute atomic E-state index is 12.8. The lowest BCUT2D eigenvalue weighted by Crippen LogP contribution is -2.47. The molecule has 0 bridgehead atoms. The van der Waals surface area contributed by atoms with Crippen LogP contribution >= 0.6 is 0 Å². The highest BCUT2D eigenvalue weighted by Gasteiger charge is 2.30. The topological polar surface area (TPSA) is 67.9 Å². The van der Waals surface area contributed by atoms with Crippen LogP contribution in [0.25, 0.3) is 0 Å². The molecule has 1 N–H and O–H groups in total. The Morgan fingerprint density at radius 1 is 1.32 bits per heavy atom. The van der Waals surface area contributed by atoms with E-state index in [0.717, 1.165) is 25.7 Å². The van der Waals surface area contributed by atoms with Crippen molar-refractivity contribution >= 4 is 11.8 Å². The molecule has 136 valence electrons. The van der Waals surface area contributed by atoms with Crippen molar-refractivity contribution < 1.29 is 19.1 Å². The Labute approximate surface area is 148 Å². The van der Waals surface area contributed by atoms with Crippen LogP contribution in [-0.2, 0) is 4.79 Å². The summed E-state index contributed by atoms with van der Waals surface area (Å²) in [5.41, 5.74) is 0.574. The summed E-state index contributed by atoms with van der Waals surface area (Å²) in [6, 6.07) is 5.41. The van der Waals surface area contributed by atoms with E-state index in [0.29, 0.717) is 30.2 Å². The van der Waals surface area contributed by atoms with Gasteiger partial charge in [0.1, 0.15) is 0 Å². The third kappa shape index (κ3) is 4.06. The van der Waals surface area contributed by atoms with Crippen LogP contribution in [-0.4, -0.2) is 42.6 Å². The van der Waals surface area contributed by atoms with Gasteiger partial charge in [-0.05, 0) is 44.4 Å². The van der Waals surface area contributed by atoms with Gasteiger partial charge in [0.05, 0.1) is 5.92 Å². The summed E-state index contributed by atoms with van der Waals surface area (Å²) < 4.78 is 10.6. The standard InChI is InChI=1S/C19H26N2O4/c1-3-5-13(2)20-18(22)15-6-4-9-21(11-15)19(23)14-7-8-16-17(10-14)25-12-24-16/h7-8,10,13,15H,3-6,9,11-12H2,1-2H3,(H,20,22)/t13-,15-/m0/s1. The predicted molar refractivity (Wildman–Crippen MR) is 93.7 cm³/mol. The first-order chi connectivity index (χ1) is 12.1. The molecular formula is C19H26N2O4. The molecular weight excluding hydrogens is 320 g/mol. The van der Waals surface area contributed by atoms with E-state index in [9.17, 15) is 9.59 Å². The van der Waals surface area contributed by atoms with Crippen LogP contribution in [0.2, 0.25) is 0 Å². The zero-order chi connectivity index (χ0) is 17.8. The number of hydrogen-bond acceptors (Lipinski definition) is 4. The van der Waals surface area contributed by atoms with E-state index >= 15 is 0 Å². The molecule has 1 fully saturated rings. The van der Waals surface area contributed by atoms with Gasteiger partial charge in [-0.2, -0.15) is 0 Å². The fourth-order valence-corrected chi connectivity index (χ4v) is 3.45. The van der Waals surface area contributed by atoms with Crippen molar-refractivity contribution in [2.45, 2.75) is 45.6 Å². The van der Waals surface area contributed by atoms with Crippen molar-refractivity contribution in [1.82, 2.24) is 10.2 Å². The molecule has 3 rings (SSSR count). The molecule has 0 aromatic heterocycles. The number of nitrogens with one attached hydrogen (secondary N) is 1. The third-order valence-corrected chi connectivity index (χ3v) is 4.81. The van der Waals surface area contributed by atoms with Crippen molar-refractivity contribution in [3.8, 4) is 11.5 Å². The fourth-order valence-electron chi connectivity index (χ4n) is 3.45. The zero-order valence-electron chi connectivity index (χ0n) is 14.9. The molecule has 2 atom stereocenters. The lowest BCUT2D eigenvalue weighted by Gasteiger charge is -2.32. The van der Waals surface area contributed by atoms with Gasteiger partial charge in [0.15, 0.2) is 11.5 Å². The molecule has 1 aromatic carbocycles. The number of rotatable bonds is 5. The van der Waals surface area contributed by atoms with Crippen molar-refractivity contribution in [1.29, 1.82) is 0 Å². The number of nitrogens with zero attached hydrogens (tertiary/aromatic N) is 1. The van der Waals surface area contributed by atoms with Gasteiger partial charge in [0.25, 0.3) is 5.91 Å². The number of piperidine rings is 1. The molecule has 1 aromatic rings. The summed E-state index contributed by atoms with van der Waals surface area (Å²) in [4.78, 5) is 27.0. The van der Waals surface area contributed by atoms with Gasteiger partial charge in [-0.25, -0.2) is 0 Å². The smallest absolute Gasteiger partial charge is 0.254 e. The normalized spacial score (nSPS) is 20.2. The van der Waals surface area contributed by atoms with E-state index in [1.165, 1.54) is 0 Å². The summed E-state index contributed by atoms with van der Waals surface area (Å²) in [5.74, 6) is 1.13. The summed E-state index contributed by atoms with van der Waals surface area (Å²) in [6.45, 7) is 5.48. The average molecular weight is 346 g/mol. The van der Waals surface area contributed by atoms with Crippen molar-refractivity contribution in [3.05, 3.63) is 23.8 Å². The molecule has 0 radical (unpaired) electrons. The van der Waals surface area contributed by atoms with Crippen molar-refractivity contribution in [2.24, 2.45) is 5.92 Å². The zero-order valence-corrected chi connectivity index (χ0v) is 14.9. The van der Waals surface area contributed by atoms with Gasteiger partial charge < -0.3 is 19.7 Å². The summed E-state index contributed by atoms with van der Waals surface area (Å²) in [5, 5.41) is 3.07. The Kier molecular flexibility index (Phi) is 5.46. The van der Waals surface area contributed by atoms with E-state index < -0.39 is 0 Å². The molecule has 2 aliphatic rings. The molecule has 6 heteroatoms. The lowest BCUT2D eigenvalue weighted by atomic mass is 9.96. The van der Waals surface area contributed by atoms with Gasteiger partial charge in [-0.15, -0.1) is 0 Å². The second-order valence-electron chi connectivity index (χ2n) is 6.86. The van der Waals surface area contributed by atoms with E-state index in [1.54, 1.807) is 23.1 Å². The molecule has 1 saturated heterocycles. The second kappa shape index (κ2) is 7.76. The van der Waals surface area contributed by atoms with Crippen LogP contribution < -0.4 is 14.8 Å². The molecule has 2 amide bonds. The highest BCUT2D eigenvalue weighted by Crippen LogP contribution is 2.33. The van der Waals surface area contributed by atoms with Gasteiger partial charge in [0, 0.05) is 24.7 Å². The van der Waals surface area contributed by atoms with E-state index in [1.807, 2.05) is 6.92 Å². The Morgan fingerprint density at radius 3 is 2.92 bits per heavy atom. The van der Waals surface area contributed by atoms with E-state index in [4.69, 9.17) is 9.47 Å². The molecule has 0 spiro atoms. The van der Waals surface area contributed by atoms with Crippen LogP contribution in [0, 0.1) is 5.92 Å². The highest BCUT2D eigenvalue weighted by molar-refractivity contribution is 5.95. The molecule has 0 aliphatic carbocycles. The van der Waals surface area contributed by atoms with Gasteiger partial charge >= 0.3 is 0 Å². The van der Waals surface area contributed by atoms with Gasteiger partial charge in [0.2, 0.25) is 12.7 Å². The number of hydrogen-bond donors (Lipinski definition) is 1. The quantitative estimate of drug-likeness (QED) is 0.890. The first-order valence-corrected chi connectivity index (χ1v) is 9.07. The third-order valence-electron chi connectivity index (χ3n) is 4.81. The van der Waals surface area contributed by atoms with Crippen LogP contribution in [0.1, 0.15) is 49.9 Å². The van der Waals surface area contributed by atoms with Crippen molar-refractivity contribution in [3.63, 3.8) is 0 Å². The fraction of sp³-hybridized carbons (Fsp3) is 0.579. The number of carbonyl (C=O) groups excluding carboxylic acids is 2. The summed E-state index contributed by atoms with van der Waals surface area (Å²) >= 11 is 0. The number of carbonyl (C=O) groups is 2. The first-order valence-electron chi connectivity index (χ1n) is 9.07. The lowest BCUT2D eigenvalue weighted by molar-refractivity contribution is -0.127. The first kappa shape index (κ1) is 17.6. The van der Waals surface area contributed by atoms with Crippen LogP contribution in [0.15, 0.2) is 18.2 Å². The maximum atomic E-state index is 12.8. The Bertz CT molecular complexity index is 646. The predicted octanol–water partition coefficient (Wildman–Crippen LogP) is 2.57. The number of amides is 2.